The van der Waals surface area contributed by atoms with E-state index in [1.54, 1.807) is 0 Å². The number of hydrogen-bond donors (Lipinski definition) is 2. The summed E-state index contributed by atoms with van der Waals surface area (Å²) in [6.07, 6.45) is 6.47. The predicted molar refractivity (Wildman–Crippen MR) is 103 cm³/mol. The molecule has 1 heterocycles. The molecule has 2 atom stereocenters. The second-order valence-electron chi connectivity index (χ2n) is 6.77. The van der Waals surface area contributed by atoms with Crippen molar-refractivity contribution in [2.75, 3.05) is 11.9 Å². The summed E-state index contributed by atoms with van der Waals surface area (Å²) < 4.78 is 0. The average molecular weight is 344 g/mol. The highest BCUT2D eigenvalue weighted by molar-refractivity contribution is 5.98. The summed E-state index contributed by atoms with van der Waals surface area (Å²) in [5.41, 5.74) is 1.98. The lowest BCUT2D eigenvalue weighted by atomic mass is 10.0. The van der Waals surface area contributed by atoms with Gasteiger partial charge in [0, 0.05) is 17.3 Å². The molecule has 0 spiro atoms. The van der Waals surface area contributed by atoms with Gasteiger partial charge in [0.2, 0.25) is 5.91 Å². The Morgan fingerprint density at radius 2 is 1.96 bits per heavy atom. The zero-order valence-electron chi connectivity index (χ0n) is 14.3. The van der Waals surface area contributed by atoms with Crippen LogP contribution in [0.25, 0.3) is 17.0 Å². The molecule has 2 unspecified atom stereocenters. The van der Waals surface area contributed by atoms with Gasteiger partial charge in [-0.25, -0.2) is 0 Å². The first-order valence-corrected chi connectivity index (χ1v) is 8.72. The van der Waals surface area contributed by atoms with Crippen LogP contribution in [0, 0.1) is 11.3 Å². The highest BCUT2D eigenvalue weighted by atomic mass is 16.3. The van der Waals surface area contributed by atoms with E-state index in [1.165, 1.54) is 0 Å². The Morgan fingerprint density at radius 3 is 2.77 bits per heavy atom. The van der Waals surface area contributed by atoms with E-state index < -0.39 is 5.41 Å². The third-order valence-corrected chi connectivity index (χ3v) is 5.03. The monoisotopic (exact) mass is 344 g/mol. The van der Waals surface area contributed by atoms with Crippen LogP contribution in [0.3, 0.4) is 0 Å². The van der Waals surface area contributed by atoms with E-state index in [-0.39, 0.29) is 18.4 Å². The van der Waals surface area contributed by atoms with Crippen LogP contribution in [0.5, 0.6) is 0 Å². The van der Waals surface area contributed by atoms with E-state index in [1.807, 2.05) is 72.9 Å². The van der Waals surface area contributed by atoms with Gasteiger partial charge in [-0.15, -0.1) is 0 Å². The normalized spacial score (nSPS) is 21.8. The Hall–Kier alpha value is -2.98. The number of nitrogens with zero attached hydrogens (tertiary/aromatic N) is 1. The van der Waals surface area contributed by atoms with Crippen LogP contribution in [0.1, 0.15) is 12.0 Å². The number of hydrogen-bond acceptors (Lipinski definition) is 3. The SMILES string of the molecule is O=C(Nc1ccccc1)C1(CO)CC1C=Cc1cnc2ccccc2c1. The number of para-hydroxylation sites is 2. The molecule has 2 aromatic carbocycles. The molecule has 1 fully saturated rings. The highest BCUT2D eigenvalue weighted by Gasteiger charge is 2.58. The first kappa shape index (κ1) is 16.5. The van der Waals surface area contributed by atoms with Crippen LogP contribution in [0.15, 0.2) is 72.9 Å². The van der Waals surface area contributed by atoms with Gasteiger partial charge in [0.25, 0.3) is 0 Å². The highest BCUT2D eigenvalue weighted by Crippen LogP contribution is 2.54. The molecular formula is C22H20N2O2. The molecular weight excluding hydrogens is 324 g/mol. The second kappa shape index (κ2) is 6.73. The fraction of sp³-hybridized carbons (Fsp3) is 0.182. The molecule has 0 radical (unpaired) electrons. The molecule has 4 heteroatoms. The number of pyridine rings is 1. The molecule has 1 amide bonds. The molecule has 26 heavy (non-hydrogen) atoms. The number of aromatic nitrogens is 1. The summed E-state index contributed by atoms with van der Waals surface area (Å²) in [5.74, 6) is -0.0971. The lowest BCUT2D eigenvalue weighted by Gasteiger charge is -2.13. The lowest BCUT2D eigenvalue weighted by Crippen LogP contribution is -2.29. The zero-order chi connectivity index (χ0) is 18.0. The van der Waals surface area contributed by atoms with Crippen molar-refractivity contribution in [1.82, 2.24) is 4.98 Å². The van der Waals surface area contributed by atoms with Crippen molar-refractivity contribution in [3.8, 4) is 0 Å². The maximum absolute atomic E-state index is 12.6. The number of allylic oxidation sites excluding steroid dienone is 1. The van der Waals surface area contributed by atoms with Gasteiger partial charge in [-0.05, 0) is 42.2 Å². The summed E-state index contributed by atoms with van der Waals surface area (Å²) in [7, 11) is 0. The van der Waals surface area contributed by atoms with Gasteiger partial charge in [-0.2, -0.15) is 0 Å². The summed E-state index contributed by atoms with van der Waals surface area (Å²) in [4.78, 5) is 17.1. The van der Waals surface area contributed by atoms with Crippen LogP contribution >= 0.6 is 0 Å². The van der Waals surface area contributed by atoms with Crippen LogP contribution in [0.2, 0.25) is 0 Å². The standard InChI is InChI=1S/C22H20N2O2/c25-15-22(21(26)24-19-7-2-1-3-8-19)13-18(22)11-10-16-12-17-6-4-5-9-20(17)23-14-16/h1-12,14,18,25H,13,15H2,(H,24,26). The topological polar surface area (TPSA) is 62.2 Å². The predicted octanol–water partition coefficient (Wildman–Crippen LogP) is 3.89. The number of aliphatic hydroxyl groups excluding tert-OH is 1. The Labute approximate surface area is 152 Å². The molecule has 2 N–H and O–H groups in total. The van der Waals surface area contributed by atoms with Crippen molar-refractivity contribution in [1.29, 1.82) is 0 Å². The maximum Gasteiger partial charge on any atom is 0.233 e. The van der Waals surface area contributed by atoms with Crippen molar-refractivity contribution >= 4 is 28.6 Å². The molecule has 0 aliphatic heterocycles. The second-order valence-corrected chi connectivity index (χ2v) is 6.77. The van der Waals surface area contributed by atoms with Gasteiger partial charge < -0.3 is 10.4 Å². The van der Waals surface area contributed by atoms with Crippen LogP contribution in [-0.4, -0.2) is 22.6 Å². The number of rotatable bonds is 5. The Balaban J connectivity index is 1.48. The minimum absolute atomic E-state index is 0.0303. The van der Waals surface area contributed by atoms with E-state index in [0.29, 0.717) is 6.42 Å². The fourth-order valence-corrected chi connectivity index (χ4v) is 3.28. The molecule has 1 aliphatic carbocycles. The summed E-state index contributed by atoms with van der Waals surface area (Å²) in [5, 5.41) is 13.8. The molecule has 0 saturated heterocycles. The molecule has 130 valence electrons. The maximum atomic E-state index is 12.6. The van der Waals surface area contributed by atoms with Crippen molar-refractivity contribution in [3.63, 3.8) is 0 Å². The summed E-state index contributed by atoms with van der Waals surface area (Å²) >= 11 is 0. The van der Waals surface area contributed by atoms with E-state index in [0.717, 1.165) is 22.2 Å². The van der Waals surface area contributed by atoms with Crippen molar-refractivity contribution in [3.05, 3.63) is 78.5 Å². The smallest absolute Gasteiger partial charge is 0.233 e. The number of carbonyl (C=O) groups excluding carboxylic acids is 1. The van der Waals surface area contributed by atoms with Crippen molar-refractivity contribution < 1.29 is 9.90 Å². The minimum atomic E-state index is -0.726. The third kappa shape index (κ3) is 3.11. The number of anilines is 1. The van der Waals surface area contributed by atoms with Crippen molar-refractivity contribution in [2.24, 2.45) is 11.3 Å². The molecule has 4 nitrogen and oxygen atoms in total. The van der Waals surface area contributed by atoms with Gasteiger partial charge in [0.15, 0.2) is 0 Å². The average Bonchev–Trinajstić information content (AvgIpc) is 3.42. The number of fused-ring (bicyclic) bond motifs is 1. The molecule has 1 saturated carbocycles. The van der Waals surface area contributed by atoms with Gasteiger partial charge in [-0.3, -0.25) is 9.78 Å². The van der Waals surface area contributed by atoms with Gasteiger partial charge in [-0.1, -0.05) is 48.6 Å². The summed E-state index contributed by atoms with van der Waals surface area (Å²) in [6, 6.07) is 19.4. The van der Waals surface area contributed by atoms with Gasteiger partial charge >= 0.3 is 0 Å². The largest absolute Gasteiger partial charge is 0.395 e. The van der Waals surface area contributed by atoms with Crippen LogP contribution in [-0.2, 0) is 4.79 Å². The van der Waals surface area contributed by atoms with Gasteiger partial charge in [0.1, 0.15) is 0 Å². The molecule has 1 aliphatic rings. The Bertz CT molecular complexity index is 968. The fourth-order valence-electron chi connectivity index (χ4n) is 3.28. The van der Waals surface area contributed by atoms with E-state index in [4.69, 9.17) is 0 Å². The number of carbonyl (C=O) groups is 1. The number of amides is 1. The number of aliphatic hydroxyl groups is 1. The quantitative estimate of drug-likeness (QED) is 0.738. The zero-order valence-corrected chi connectivity index (χ0v) is 14.3. The number of nitrogens with one attached hydrogen (secondary N) is 1. The third-order valence-electron chi connectivity index (χ3n) is 5.03. The first-order valence-electron chi connectivity index (χ1n) is 8.72. The minimum Gasteiger partial charge on any atom is -0.395 e. The van der Waals surface area contributed by atoms with Crippen molar-refractivity contribution in [2.45, 2.75) is 6.42 Å². The van der Waals surface area contributed by atoms with Gasteiger partial charge in [0.05, 0.1) is 17.5 Å². The van der Waals surface area contributed by atoms with E-state index in [2.05, 4.69) is 16.4 Å². The first-order chi connectivity index (χ1) is 12.7. The van der Waals surface area contributed by atoms with Crippen LogP contribution < -0.4 is 5.32 Å². The Kier molecular flexibility index (Phi) is 4.27. The van der Waals surface area contributed by atoms with E-state index >= 15 is 0 Å². The molecule has 3 aromatic rings. The summed E-state index contributed by atoms with van der Waals surface area (Å²) in [6.45, 7) is -0.156. The molecule has 4 rings (SSSR count). The molecule has 1 aromatic heterocycles. The van der Waals surface area contributed by atoms with Crippen LogP contribution in [0.4, 0.5) is 5.69 Å². The Morgan fingerprint density at radius 1 is 1.19 bits per heavy atom. The lowest BCUT2D eigenvalue weighted by molar-refractivity contribution is -0.122. The van der Waals surface area contributed by atoms with E-state index in [9.17, 15) is 9.90 Å². The molecule has 0 bridgehead atoms. The number of benzene rings is 2.